The molecule has 2 amide bonds. The van der Waals surface area contributed by atoms with Crippen LogP contribution in [0.1, 0.15) is 43.0 Å². The standard InChI is InChI=1S/C23H26FN7O2/c1-12(32)28-19-8-4-5-13-9-14(11-27-20(13)19)29-22-15(21(26)33)10-16(24)23(31-22)30-18-7-3-2-6-17(18)25/h4-5,8-11,17-18H,2-3,6-7,25H2,1H3,(H2,26,33)(H,28,32)(H2,29,30,31). The van der Waals surface area contributed by atoms with Crippen molar-refractivity contribution in [3.63, 3.8) is 0 Å². The first kappa shape index (κ1) is 22.4. The molecule has 1 fully saturated rings. The summed E-state index contributed by atoms with van der Waals surface area (Å²) < 4.78 is 14.7. The molecule has 4 rings (SSSR count). The average Bonchev–Trinajstić information content (AvgIpc) is 2.77. The van der Waals surface area contributed by atoms with Gasteiger partial charge in [0.05, 0.1) is 28.7 Å². The van der Waals surface area contributed by atoms with Crippen LogP contribution in [0.5, 0.6) is 0 Å². The van der Waals surface area contributed by atoms with Gasteiger partial charge in [-0.1, -0.05) is 25.0 Å². The molecular weight excluding hydrogens is 425 g/mol. The first-order valence-corrected chi connectivity index (χ1v) is 10.8. The van der Waals surface area contributed by atoms with Crippen LogP contribution < -0.4 is 27.4 Å². The highest BCUT2D eigenvalue weighted by atomic mass is 19.1. The van der Waals surface area contributed by atoms with Crippen molar-refractivity contribution in [2.24, 2.45) is 11.5 Å². The number of rotatable bonds is 6. The molecule has 3 aromatic rings. The van der Waals surface area contributed by atoms with Gasteiger partial charge in [0.1, 0.15) is 5.82 Å². The SMILES string of the molecule is CC(=O)Nc1cccc2cc(Nc3nc(NC4CCCCC4N)c(F)cc3C(N)=O)cnc12. The molecule has 1 aliphatic carbocycles. The minimum atomic E-state index is -0.813. The molecule has 0 bridgehead atoms. The van der Waals surface area contributed by atoms with E-state index in [0.717, 1.165) is 37.1 Å². The van der Waals surface area contributed by atoms with Gasteiger partial charge in [0.15, 0.2) is 11.6 Å². The van der Waals surface area contributed by atoms with Crippen LogP contribution in [0.25, 0.3) is 10.9 Å². The van der Waals surface area contributed by atoms with Gasteiger partial charge in [-0.15, -0.1) is 0 Å². The smallest absolute Gasteiger partial charge is 0.252 e. The normalized spacial score (nSPS) is 18.0. The van der Waals surface area contributed by atoms with Crippen LogP contribution >= 0.6 is 0 Å². The van der Waals surface area contributed by atoms with E-state index in [1.54, 1.807) is 18.2 Å². The molecule has 1 saturated carbocycles. The number of nitrogens with two attached hydrogens (primary N) is 2. The second-order valence-corrected chi connectivity index (χ2v) is 8.19. The van der Waals surface area contributed by atoms with Gasteiger partial charge in [0.25, 0.3) is 5.91 Å². The Labute approximate surface area is 190 Å². The van der Waals surface area contributed by atoms with Crippen molar-refractivity contribution in [1.29, 1.82) is 0 Å². The Hall–Kier alpha value is -3.79. The number of para-hydroxylation sites is 1. The predicted octanol–water partition coefficient (Wildman–Crippen LogP) is 3.25. The Balaban J connectivity index is 1.66. The van der Waals surface area contributed by atoms with Crippen molar-refractivity contribution in [3.8, 4) is 0 Å². The largest absolute Gasteiger partial charge is 0.365 e. The van der Waals surface area contributed by atoms with Gasteiger partial charge in [-0.25, -0.2) is 9.37 Å². The molecule has 10 heteroatoms. The van der Waals surface area contributed by atoms with Crippen molar-refractivity contribution in [1.82, 2.24) is 9.97 Å². The molecule has 2 aromatic heterocycles. The summed E-state index contributed by atoms with van der Waals surface area (Å²) in [5, 5.41) is 9.60. The Bertz CT molecular complexity index is 1220. The molecular formula is C23H26FN7O2. The molecule has 0 spiro atoms. The van der Waals surface area contributed by atoms with Crippen LogP contribution in [0.15, 0.2) is 36.5 Å². The lowest BCUT2D eigenvalue weighted by molar-refractivity contribution is -0.114. The quantitative estimate of drug-likeness (QED) is 0.386. The van der Waals surface area contributed by atoms with Crippen molar-refractivity contribution in [2.45, 2.75) is 44.7 Å². The zero-order valence-corrected chi connectivity index (χ0v) is 18.2. The number of hydrogen-bond donors (Lipinski definition) is 5. The minimum absolute atomic E-state index is 0.00606. The maximum absolute atomic E-state index is 14.7. The number of carbonyl (C=O) groups is 2. The van der Waals surface area contributed by atoms with Crippen molar-refractivity contribution in [2.75, 3.05) is 16.0 Å². The number of fused-ring (bicyclic) bond motifs is 1. The van der Waals surface area contributed by atoms with Crippen LogP contribution in [-0.4, -0.2) is 33.9 Å². The summed E-state index contributed by atoms with van der Waals surface area (Å²) in [4.78, 5) is 32.1. The van der Waals surface area contributed by atoms with Crippen LogP contribution in [0.3, 0.4) is 0 Å². The fraction of sp³-hybridized carbons (Fsp3) is 0.304. The van der Waals surface area contributed by atoms with Gasteiger partial charge >= 0.3 is 0 Å². The molecule has 1 aliphatic rings. The van der Waals surface area contributed by atoms with E-state index in [2.05, 4.69) is 25.9 Å². The first-order chi connectivity index (χ1) is 15.8. The summed E-state index contributed by atoms with van der Waals surface area (Å²) >= 11 is 0. The number of benzene rings is 1. The fourth-order valence-corrected chi connectivity index (χ4v) is 4.04. The summed E-state index contributed by atoms with van der Waals surface area (Å²) in [7, 11) is 0. The second-order valence-electron chi connectivity index (χ2n) is 8.19. The van der Waals surface area contributed by atoms with E-state index in [1.165, 1.54) is 13.1 Å². The molecule has 2 atom stereocenters. The van der Waals surface area contributed by atoms with Gasteiger partial charge in [-0.3, -0.25) is 14.6 Å². The highest BCUT2D eigenvalue weighted by Crippen LogP contribution is 2.29. The summed E-state index contributed by atoms with van der Waals surface area (Å²) in [5.41, 5.74) is 13.3. The Morgan fingerprint density at radius 1 is 1.15 bits per heavy atom. The third kappa shape index (κ3) is 5.01. The molecule has 1 aromatic carbocycles. The Morgan fingerprint density at radius 3 is 2.67 bits per heavy atom. The molecule has 2 unspecified atom stereocenters. The number of halogens is 1. The van der Waals surface area contributed by atoms with Gasteiger partial charge in [0, 0.05) is 24.4 Å². The molecule has 33 heavy (non-hydrogen) atoms. The summed E-state index contributed by atoms with van der Waals surface area (Å²) in [6.07, 6.45) is 5.25. The van der Waals surface area contributed by atoms with E-state index >= 15 is 0 Å². The summed E-state index contributed by atoms with van der Waals surface area (Å²) in [6.45, 7) is 1.42. The van der Waals surface area contributed by atoms with Crippen molar-refractivity contribution in [3.05, 3.63) is 47.9 Å². The van der Waals surface area contributed by atoms with E-state index < -0.39 is 11.7 Å². The third-order valence-corrected chi connectivity index (χ3v) is 5.67. The molecule has 7 N–H and O–H groups in total. The number of anilines is 4. The maximum Gasteiger partial charge on any atom is 0.252 e. The molecule has 2 heterocycles. The van der Waals surface area contributed by atoms with Crippen molar-refractivity contribution < 1.29 is 14.0 Å². The number of amides is 2. The monoisotopic (exact) mass is 451 g/mol. The highest BCUT2D eigenvalue weighted by Gasteiger charge is 2.24. The number of nitrogens with one attached hydrogen (secondary N) is 3. The van der Waals surface area contributed by atoms with E-state index in [0.29, 0.717) is 16.9 Å². The molecule has 0 radical (unpaired) electrons. The third-order valence-electron chi connectivity index (χ3n) is 5.67. The lowest BCUT2D eigenvalue weighted by Crippen LogP contribution is -2.43. The van der Waals surface area contributed by atoms with Gasteiger partial charge in [-0.05, 0) is 31.0 Å². The second kappa shape index (κ2) is 9.37. The number of hydrogen-bond acceptors (Lipinski definition) is 7. The summed E-state index contributed by atoms with van der Waals surface area (Å²) in [6, 6.07) is 8.02. The van der Waals surface area contributed by atoms with Crippen LogP contribution in [0.2, 0.25) is 0 Å². The maximum atomic E-state index is 14.7. The predicted molar refractivity (Wildman–Crippen MR) is 126 cm³/mol. The highest BCUT2D eigenvalue weighted by molar-refractivity contribution is 6.01. The number of carbonyl (C=O) groups excluding carboxylic acids is 2. The zero-order chi connectivity index (χ0) is 23.5. The van der Waals surface area contributed by atoms with E-state index in [9.17, 15) is 14.0 Å². The Kier molecular flexibility index (Phi) is 6.36. The number of pyridine rings is 2. The van der Waals surface area contributed by atoms with Crippen LogP contribution in [-0.2, 0) is 4.79 Å². The number of primary amides is 1. The Morgan fingerprint density at radius 2 is 1.94 bits per heavy atom. The fourth-order valence-electron chi connectivity index (χ4n) is 4.04. The van der Waals surface area contributed by atoms with E-state index in [4.69, 9.17) is 11.5 Å². The molecule has 172 valence electrons. The molecule has 9 nitrogen and oxygen atoms in total. The average molecular weight is 452 g/mol. The van der Waals surface area contributed by atoms with Crippen LogP contribution in [0.4, 0.5) is 27.4 Å². The zero-order valence-electron chi connectivity index (χ0n) is 18.2. The number of aromatic nitrogens is 2. The van der Waals surface area contributed by atoms with E-state index in [-0.39, 0.29) is 35.2 Å². The first-order valence-electron chi connectivity index (χ1n) is 10.8. The van der Waals surface area contributed by atoms with E-state index in [1.807, 2.05) is 6.07 Å². The minimum Gasteiger partial charge on any atom is -0.365 e. The lowest BCUT2D eigenvalue weighted by Gasteiger charge is -2.30. The van der Waals surface area contributed by atoms with Gasteiger partial charge in [0.2, 0.25) is 5.91 Å². The summed E-state index contributed by atoms with van der Waals surface area (Å²) in [5.74, 6) is -1.58. The van der Waals surface area contributed by atoms with Crippen LogP contribution in [0, 0.1) is 5.82 Å². The molecule has 0 saturated heterocycles. The number of nitrogens with zero attached hydrogens (tertiary/aromatic N) is 2. The molecule has 0 aliphatic heterocycles. The van der Waals surface area contributed by atoms with Gasteiger partial charge < -0.3 is 27.4 Å². The topological polar surface area (TPSA) is 148 Å². The van der Waals surface area contributed by atoms with Crippen molar-refractivity contribution >= 4 is 45.7 Å². The lowest BCUT2D eigenvalue weighted by atomic mass is 9.91. The van der Waals surface area contributed by atoms with Gasteiger partial charge in [-0.2, -0.15) is 0 Å².